The number of nitrogens with one attached hydrogen (secondary N) is 2. The third-order valence-electron chi connectivity index (χ3n) is 4.92. The average Bonchev–Trinajstić information content (AvgIpc) is 3.28. The Morgan fingerprint density at radius 3 is 3.19 bits per heavy atom. The van der Waals surface area contributed by atoms with Gasteiger partial charge in [0.15, 0.2) is 17.5 Å². The molecular formula is C18H21FN6O. The summed E-state index contributed by atoms with van der Waals surface area (Å²) < 4.78 is 14.1. The lowest BCUT2D eigenvalue weighted by Gasteiger charge is -2.15. The van der Waals surface area contributed by atoms with Crippen molar-refractivity contribution in [1.29, 1.82) is 0 Å². The van der Waals surface area contributed by atoms with Crippen molar-refractivity contribution >= 4 is 17.8 Å². The Morgan fingerprint density at radius 1 is 1.50 bits per heavy atom. The summed E-state index contributed by atoms with van der Waals surface area (Å²) in [6.07, 6.45) is 6.89. The maximum Gasteiger partial charge on any atom is 0.219 e. The molecule has 1 saturated heterocycles. The molecule has 0 bridgehead atoms. The van der Waals surface area contributed by atoms with Gasteiger partial charge in [0, 0.05) is 50.1 Å². The number of hydrogen-bond donors (Lipinski definition) is 2. The fraction of sp³-hybridized carbons (Fsp3) is 0.444. The van der Waals surface area contributed by atoms with Crippen molar-refractivity contribution in [1.82, 2.24) is 19.9 Å². The number of hydrogen-bond acceptors (Lipinski definition) is 5. The Hall–Kier alpha value is -2.77. The van der Waals surface area contributed by atoms with Gasteiger partial charge in [-0.15, -0.1) is 0 Å². The lowest BCUT2D eigenvalue weighted by molar-refractivity contribution is -0.127. The maximum absolute atomic E-state index is 14.1. The van der Waals surface area contributed by atoms with E-state index in [1.54, 1.807) is 6.92 Å². The van der Waals surface area contributed by atoms with Gasteiger partial charge in [-0.3, -0.25) is 9.79 Å². The zero-order chi connectivity index (χ0) is 18.1. The summed E-state index contributed by atoms with van der Waals surface area (Å²) in [5.74, 6) is 0.564. The minimum Gasteiger partial charge on any atom is -0.367 e. The second kappa shape index (κ2) is 6.86. The van der Waals surface area contributed by atoms with Crippen LogP contribution >= 0.6 is 0 Å². The highest BCUT2D eigenvalue weighted by Crippen LogP contribution is 2.19. The van der Waals surface area contributed by atoms with Gasteiger partial charge >= 0.3 is 0 Å². The van der Waals surface area contributed by atoms with Gasteiger partial charge in [0.25, 0.3) is 0 Å². The SMILES string of the molecule is CC(=O)N1CC[C@H](CNc2nc(-c3c[nH]c4c3=CCCN=4)ncc2F)C1. The third kappa shape index (κ3) is 3.18. The van der Waals surface area contributed by atoms with Crippen LogP contribution < -0.4 is 16.0 Å². The summed E-state index contributed by atoms with van der Waals surface area (Å²) in [6, 6.07) is 0. The van der Waals surface area contributed by atoms with E-state index in [-0.39, 0.29) is 11.7 Å². The van der Waals surface area contributed by atoms with Crippen molar-refractivity contribution in [2.24, 2.45) is 10.9 Å². The van der Waals surface area contributed by atoms with E-state index in [1.807, 2.05) is 11.1 Å². The van der Waals surface area contributed by atoms with Gasteiger partial charge in [-0.25, -0.2) is 14.4 Å². The number of halogens is 1. The molecule has 4 rings (SSSR count). The summed E-state index contributed by atoms with van der Waals surface area (Å²) in [7, 11) is 0. The van der Waals surface area contributed by atoms with Crippen LogP contribution in [0.2, 0.25) is 0 Å². The number of aromatic amines is 1. The highest BCUT2D eigenvalue weighted by atomic mass is 19.1. The number of anilines is 1. The van der Waals surface area contributed by atoms with Gasteiger partial charge < -0.3 is 15.2 Å². The first-order valence-electron chi connectivity index (χ1n) is 8.86. The van der Waals surface area contributed by atoms with E-state index in [2.05, 4.69) is 31.3 Å². The minimum absolute atomic E-state index is 0.0851. The maximum atomic E-state index is 14.1. The molecular weight excluding hydrogens is 335 g/mol. The van der Waals surface area contributed by atoms with Crippen LogP contribution in [0.4, 0.5) is 10.2 Å². The summed E-state index contributed by atoms with van der Waals surface area (Å²) in [5.41, 5.74) is 1.65. The number of amides is 1. The standard InChI is InChI=1S/C18H21FN6O/c1-11(26)25-6-4-12(10-25)7-21-18-15(19)9-23-17(24-18)14-8-22-16-13(14)3-2-5-20-16/h3,8-9,12H,2,4-7,10H2,1H3,(H,20,22)(H,21,23,24)/t12-/m1/s1. The molecule has 8 heteroatoms. The fourth-order valence-electron chi connectivity index (χ4n) is 3.48. The molecule has 26 heavy (non-hydrogen) atoms. The van der Waals surface area contributed by atoms with Gasteiger partial charge in [-0.1, -0.05) is 6.08 Å². The lowest BCUT2D eigenvalue weighted by Crippen LogP contribution is -2.28. The molecule has 1 atom stereocenters. The van der Waals surface area contributed by atoms with Crippen LogP contribution in [0.25, 0.3) is 17.5 Å². The average molecular weight is 356 g/mol. The van der Waals surface area contributed by atoms with Crippen LogP contribution in [0.3, 0.4) is 0 Å². The zero-order valence-corrected chi connectivity index (χ0v) is 14.6. The molecule has 0 unspecified atom stereocenters. The predicted octanol–water partition coefficient (Wildman–Crippen LogP) is 0.695. The van der Waals surface area contributed by atoms with E-state index in [1.165, 1.54) is 6.20 Å². The van der Waals surface area contributed by atoms with Gasteiger partial charge in [-0.05, 0) is 18.8 Å². The second-order valence-corrected chi connectivity index (χ2v) is 6.73. The van der Waals surface area contributed by atoms with E-state index < -0.39 is 5.82 Å². The van der Waals surface area contributed by atoms with Gasteiger partial charge in [0.1, 0.15) is 5.49 Å². The third-order valence-corrected chi connectivity index (χ3v) is 4.92. The van der Waals surface area contributed by atoms with Gasteiger partial charge in [0.05, 0.1) is 6.20 Å². The molecule has 4 heterocycles. The van der Waals surface area contributed by atoms with Crippen molar-refractivity contribution in [3.8, 4) is 11.4 Å². The molecule has 2 aromatic heterocycles. The topological polar surface area (TPSA) is 86.3 Å². The summed E-state index contributed by atoms with van der Waals surface area (Å²) in [4.78, 5) is 29.3. The fourth-order valence-corrected chi connectivity index (χ4v) is 3.48. The molecule has 0 aromatic carbocycles. The number of aromatic nitrogens is 3. The molecule has 2 aliphatic rings. The van der Waals surface area contributed by atoms with Crippen molar-refractivity contribution in [3.63, 3.8) is 0 Å². The second-order valence-electron chi connectivity index (χ2n) is 6.73. The Kier molecular flexibility index (Phi) is 4.40. The molecule has 0 saturated carbocycles. The van der Waals surface area contributed by atoms with Gasteiger partial charge in [-0.2, -0.15) is 0 Å². The lowest BCUT2D eigenvalue weighted by atomic mass is 10.1. The Morgan fingerprint density at radius 2 is 2.38 bits per heavy atom. The predicted molar refractivity (Wildman–Crippen MR) is 95.4 cm³/mol. The molecule has 2 N–H and O–H groups in total. The molecule has 7 nitrogen and oxygen atoms in total. The molecule has 1 amide bonds. The molecule has 2 aromatic rings. The zero-order valence-electron chi connectivity index (χ0n) is 14.6. The quantitative estimate of drug-likeness (QED) is 0.844. The van der Waals surface area contributed by atoms with Crippen LogP contribution in [0, 0.1) is 11.7 Å². The monoisotopic (exact) mass is 356 g/mol. The number of likely N-dealkylation sites (tertiary alicyclic amines) is 1. The normalized spacial score (nSPS) is 18.8. The Labute approximate surface area is 150 Å². The number of carbonyl (C=O) groups is 1. The first-order chi connectivity index (χ1) is 12.6. The summed E-state index contributed by atoms with van der Waals surface area (Å²) >= 11 is 0. The molecule has 1 fully saturated rings. The van der Waals surface area contributed by atoms with Crippen LogP contribution in [0.5, 0.6) is 0 Å². The van der Waals surface area contributed by atoms with Crippen molar-refractivity contribution < 1.29 is 9.18 Å². The van der Waals surface area contributed by atoms with E-state index in [0.29, 0.717) is 24.8 Å². The molecule has 2 aliphatic heterocycles. The van der Waals surface area contributed by atoms with Crippen LogP contribution in [0.15, 0.2) is 17.4 Å². The van der Waals surface area contributed by atoms with Crippen LogP contribution in [-0.2, 0) is 4.79 Å². The smallest absolute Gasteiger partial charge is 0.219 e. The summed E-state index contributed by atoms with van der Waals surface area (Å²) in [6.45, 7) is 4.37. The number of carbonyl (C=O) groups excluding carboxylic acids is 1. The molecule has 0 spiro atoms. The molecule has 0 aliphatic carbocycles. The van der Waals surface area contributed by atoms with Gasteiger partial charge in [0.2, 0.25) is 5.91 Å². The van der Waals surface area contributed by atoms with Crippen LogP contribution in [0.1, 0.15) is 19.8 Å². The first kappa shape index (κ1) is 16.7. The highest BCUT2D eigenvalue weighted by molar-refractivity contribution is 5.73. The first-order valence-corrected chi connectivity index (χ1v) is 8.86. The van der Waals surface area contributed by atoms with E-state index in [4.69, 9.17) is 0 Å². The van der Waals surface area contributed by atoms with Crippen molar-refractivity contribution in [2.45, 2.75) is 19.8 Å². The molecule has 0 radical (unpaired) electrons. The van der Waals surface area contributed by atoms with Crippen LogP contribution in [-0.4, -0.2) is 51.9 Å². The Balaban J connectivity index is 1.53. The number of fused-ring (bicyclic) bond motifs is 1. The molecule has 136 valence electrons. The Bertz CT molecular complexity index is 953. The number of nitrogens with zero attached hydrogens (tertiary/aromatic N) is 4. The summed E-state index contributed by atoms with van der Waals surface area (Å²) in [5, 5.41) is 4.06. The van der Waals surface area contributed by atoms with E-state index in [0.717, 1.165) is 42.2 Å². The van der Waals surface area contributed by atoms with Crippen molar-refractivity contribution in [2.75, 3.05) is 31.5 Å². The number of H-pyrrole nitrogens is 1. The van der Waals surface area contributed by atoms with Crippen molar-refractivity contribution in [3.05, 3.63) is 28.9 Å². The number of rotatable bonds is 4. The van der Waals surface area contributed by atoms with E-state index >= 15 is 0 Å². The minimum atomic E-state index is -0.478. The van der Waals surface area contributed by atoms with E-state index in [9.17, 15) is 9.18 Å². The largest absolute Gasteiger partial charge is 0.367 e. The highest BCUT2D eigenvalue weighted by Gasteiger charge is 2.24.